The van der Waals surface area contributed by atoms with E-state index in [-0.39, 0.29) is 29.9 Å². The van der Waals surface area contributed by atoms with Crippen molar-refractivity contribution in [3.05, 3.63) is 89.4 Å². The van der Waals surface area contributed by atoms with Gasteiger partial charge in [-0.15, -0.1) is 0 Å². The maximum absolute atomic E-state index is 15.2. The third kappa shape index (κ3) is 4.00. The molecule has 0 bridgehead atoms. The van der Waals surface area contributed by atoms with Gasteiger partial charge in [0.05, 0.1) is 19.5 Å². The first kappa shape index (κ1) is 22.9. The van der Waals surface area contributed by atoms with Crippen LogP contribution in [0.2, 0.25) is 0 Å². The van der Waals surface area contributed by atoms with E-state index in [4.69, 9.17) is 4.74 Å². The number of aromatic amines is 2. The maximum atomic E-state index is 15.2. The molecular weight excluding hydrogens is 457 g/mol. The standard InChI is InChI=1S/C28H30FN5O2/c1-36-28(35)26-14-21-19-6-3-5-9-23(19)33-27(21)25-13-18(31-11-10-17-15-30-16-32-17)12-24(34(25)26)20-7-2-4-8-22(20)29/h2-9,15-16,18,24-26,31,33H,10-14H2,1H3,(H,30,32). The summed E-state index contributed by atoms with van der Waals surface area (Å²) in [5, 5.41) is 4.84. The van der Waals surface area contributed by atoms with Crippen molar-refractivity contribution < 1.29 is 13.9 Å². The van der Waals surface area contributed by atoms with Crippen LogP contribution in [0.3, 0.4) is 0 Å². The highest BCUT2D eigenvalue weighted by Gasteiger charge is 2.48. The van der Waals surface area contributed by atoms with Crippen molar-refractivity contribution in [3.63, 3.8) is 0 Å². The molecular formula is C28H30FN5O2. The van der Waals surface area contributed by atoms with Crippen LogP contribution < -0.4 is 5.32 Å². The fourth-order valence-corrected chi connectivity index (χ4v) is 6.19. The summed E-state index contributed by atoms with van der Waals surface area (Å²) in [6, 6.07) is 14.5. The van der Waals surface area contributed by atoms with Gasteiger partial charge in [0.1, 0.15) is 11.9 Å². The van der Waals surface area contributed by atoms with Crippen molar-refractivity contribution >= 4 is 16.9 Å². The first-order valence-corrected chi connectivity index (χ1v) is 12.5. The lowest BCUT2D eigenvalue weighted by atomic mass is 9.79. The monoisotopic (exact) mass is 487 g/mol. The molecule has 186 valence electrons. The number of fused-ring (bicyclic) bond motifs is 5. The summed E-state index contributed by atoms with van der Waals surface area (Å²) in [4.78, 5) is 26.2. The molecule has 1 fully saturated rings. The van der Waals surface area contributed by atoms with Gasteiger partial charge >= 0.3 is 5.97 Å². The van der Waals surface area contributed by atoms with Crippen LogP contribution in [-0.4, -0.2) is 51.6 Å². The summed E-state index contributed by atoms with van der Waals surface area (Å²) in [5.74, 6) is -0.520. The van der Waals surface area contributed by atoms with Gasteiger partial charge in [0, 0.05) is 65.5 Å². The molecule has 2 aromatic heterocycles. The SMILES string of the molecule is COC(=O)C1Cc2c([nH]c3ccccc23)C2CC(NCCc3cnc[nH]3)CC(c3ccccc3F)N12. The second-order valence-corrected chi connectivity index (χ2v) is 9.76. The molecule has 6 rings (SSSR count). The number of para-hydroxylation sites is 1. The number of nitrogens with one attached hydrogen (secondary N) is 3. The third-order valence-corrected chi connectivity index (χ3v) is 7.79. The molecule has 0 spiro atoms. The predicted molar refractivity (Wildman–Crippen MR) is 135 cm³/mol. The summed E-state index contributed by atoms with van der Waals surface area (Å²) in [5.41, 5.74) is 5.04. The number of rotatable bonds is 6. The molecule has 2 aliphatic rings. The van der Waals surface area contributed by atoms with E-state index in [1.54, 1.807) is 12.4 Å². The fraction of sp³-hybridized carbons (Fsp3) is 0.357. The number of carbonyl (C=O) groups excluding carboxylic acids is 1. The van der Waals surface area contributed by atoms with Crippen molar-refractivity contribution in [2.24, 2.45) is 0 Å². The lowest BCUT2D eigenvalue weighted by Gasteiger charge is -2.50. The van der Waals surface area contributed by atoms with Gasteiger partial charge in [-0.05, 0) is 30.5 Å². The Bertz CT molecular complexity index is 1370. The Hall–Kier alpha value is -3.49. The van der Waals surface area contributed by atoms with Gasteiger partial charge in [-0.1, -0.05) is 36.4 Å². The molecule has 7 nitrogen and oxygen atoms in total. The largest absolute Gasteiger partial charge is 0.468 e. The number of carbonyl (C=O) groups is 1. The molecule has 0 radical (unpaired) electrons. The Morgan fingerprint density at radius 2 is 1.97 bits per heavy atom. The van der Waals surface area contributed by atoms with Gasteiger partial charge in [0.15, 0.2) is 0 Å². The van der Waals surface area contributed by atoms with Gasteiger partial charge in [0.25, 0.3) is 0 Å². The van der Waals surface area contributed by atoms with Crippen molar-refractivity contribution in [3.8, 4) is 0 Å². The Balaban J connectivity index is 1.41. The van der Waals surface area contributed by atoms with E-state index in [9.17, 15) is 4.79 Å². The number of methoxy groups -OCH3 is 1. The molecule has 4 atom stereocenters. The Labute approximate surface area is 209 Å². The van der Waals surface area contributed by atoms with Crippen LogP contribution in [0.5, 0.6) is 0 Å². The van der Waals surface area contributed by atoms with E-state index in [1.807, 2.05) is 30.5 Å². The summed E-state index contributed by atoms with van der Waals surface area (Å²) >= 11 is 0. The maximum Gasteiger partial charge on any atom is 0.323 e. The number of aromatic nitrogens is 3. The molecule has 8 heteroatoms. The van der Waals surface area contributed by atoms with E-state index in [1.165, 1.54) is 13.2 Å². The highest BCUT2D eigenvalue weighted by molar-refractivity contribution is 5.87. The molecule has 36 heavy (non-hydrogen) atoms. The summed E-state index contributed by atoms with van der Waals surface area (Å²) in [6.45, 7) is 0.781. The van der Waals surface area contributed by atoms with Gasteiger partial charge in [-0.2, -0.15) is 0 Å². The van der Waals surface area contributed by atoms with Crippen LogP contribution >= 0.6 is 0 Å². The lowest BCUT2D eigenvalue weighted by Crippen LogP contribution is -2.55. The van der Waals surface area contributed by atoms with E-state index in [2.05, 4.69) is 37.3 Å². The van der Waals surface area contributed by atoms with E-state index in [0.717, 1.165) is 47.2 Å². The van der Waals surface area contributed by atoms with Crippen LogP contribution in [0.25, 0.3) is 10.9 Å². The number of esters is 1. The minimum Gasteiger partial charge on any atom is -0.468 e. The van der Waals surface area contributed by atoms with Crippen LogP contribution in [-0.2, 0) is 22.4 Å². The van der Waals surface area contributed by atoms with Gasteiger partial charge < -0.3 is 20.0 Å². The molecule has 4 aromatic rings. The highest BCUT2D eigenvalue weighted by Crippen LogP contribution is 2.49. The number of hydrogen-bond donors (Lipinski definition) is 3. The minimum atomic E-state index is -0.484. The van der Waals surface area contributed by atoms with Crippen molar-refractivity contribution in [2.45, 2.75) is 49.9 Å². The third-order valence-electron chi connectivity index (χ3n) is 7.79. The first-order chi connectivity index (χ1) is 17.6. The molecule has 4 unspecified atom stereocenters. The first-order valence-electron chi connectivity index (χ1n) is 12.5. The molecule has 3 N–H and O–H groups in total. The van der Waals surface area contributed by atoms with E-state index >= 15 is 4.39 Å². The lowest BCUT2D eigenvalue weighted by molar-refractivity contribution is -0.152. The predicted octanol–water partition coefficient (Wildman–Crippen LogP) is 4.21. The molecule has 2 aromatic carbocycles. The molecule has 4 heterocycles. The minimum absolute atomic E-state index is 0.0757. The number of piperidine rings is 1. The average Bonchev–Trinajstić information content (AvgIpc) is 3.56. The zero-order valence-corrected chi connectivity index (χ0v) is 20.2. The van der Waals surface area contributed by atoms with Crippen LogP contribution in [0.15, 0.2) is 61.1 Å². The zero-order chi connectivity index (χ0) is 24.6. The second-order valence-electron chi connectivity index (χ2n) is 9.76. The van der Waals surface area contributed by atoms with E-state index < -0.39 is 6.04 Å². The quantitative estimate of drug-likeness (QED) is 0.355. The number of imidazole rings is 1. The van der Waals surface area contributed by atoms with Gasteiger partial charge in [0.2, 0.25) is 0 Å². The second kappa shape index (κ2) is 9.52. The van der Waals surface area contributed by atoms with Gasteiger partial charge in [-0.3, -0.25) is 9.69 Å². The van der Waals surface area contributed by atoms with Crippen molar-refractivity contribution in [1.29, 1.82) is 0 Å². The Kier molecular flexibility index (Phi) is 6.07. The van der Waals surface area contributed by atoms with Crippen molar-refractivity contribution in [2.75, 3.05) is 13.7 Å². The number of nitrogens with zero attached hydrogens (tertiary/aromatic N) is 2. The summed E-state index contributed by atoms with van der Waals surface area (Å²) in [6.07, 6.45) is 6.40. The number of hydrogen-bond acceptors (Lipinski definition) is 5. The van der Waals surface area contributed by atoms with Crippen LogP contribution in [0.4, 0.5) is 4.39 Å². The molecule has 2 aliphatic heterocycles. The zero-order valence-electron chi connectivity index (χ0n) is 20.2. The normalized spacial score (nSPS) is 23.8. The van der Waals surface area contributed by atoms with Crippen LogP contribution in [0, 0.1) is 5.82 Å². The number of benzene rings is 2. The summed E-state index contributed by atoms with van der Waals surface area (Å²) < 4.78 is 20.5. The number of H-pyrrole nitrogens is 2. The number of ether oxygens (including phenoxy) is 1. The van der Waals surface area contributed by atoms with Gasteiger partial charge in [-0.25, -0.2) is 9.37 Å². The smallest absolute Gasteiger partial charge is 0.323 e. The Morgan fingerprint density at radius 3 is 2.78 bits per heavy atom. The van der Waals surface area contributed by atoms with Crippen LogP contribution in [0.1, 0.15) is 47.4 Å². The topological polar surface area (TPSA) is 86.0 Å². The molecule has 0 aliphatic carbocycles. The Morgan fingerprint density at radius 1 is 1.17 bits per heavy atom. The summed E-state index contributed by atoms with van der Waals surface area (Å²) in [7, 11) is 1.43. The average molecular weight is 488 g/mol. The molecule has 1 saturated heterocycles. The fourth-order valence-electron chi connectivity index (χ4n) is 6.19. The number of halogens is 1. The van der Waals surface area contributed by atoms with E-state index in [0.29, 0.717) is 18.4 Å². The van der Waals surface area contributed by atoms with Crippen molar-refractivity contribution in [1.82, 2.24) is 25.2 Å². The highest BCUT2D eigenvalue weighted by atomic mass is 19.1. The molecule has 0 saturated carbocycles. The molecule has 0 amide bonds.